The molecule has 2 rings (SSSR count). The molecule has 0 heterocycles. The minimum Gasteiger partial charge on any atom is -0.323 e. The smallest absolute Gasteiger partial charge is 0.256 e. The molecule has 0 N–H and O–H groups in total. The van der Waals surface area contributed by atoms with E-state index in [1.165, 1.54) is 0 Å². The van der Waals surface area contributed by atoms with Crippen molar-refractivity contribution >= 4 is 21.8 Å². The second-order valence-corrected chi connectivity index (χ2v) is 6.41. The largest absolute Gasteiger partial charge is 0.323 e. The summed E-state index contributed by atoms with van der Waals surface area (Å²) < 4.78 is 0.781. The van der Waals surface area contributed by atoms with Gasteiger partial charge in [0.1, 0.15) is 5.54 Å². The van der Waals surface area contributed by atoms with Gasteiger partial charge in [0.15, 0.2) is 0 Å². The monoisotopic (exact) mass is 334 g/mol. The number of carbonyl (C=O) groups excluding carboxylic acids is 1. The van der Waals surface area contributed by atoms with E-state index in [9.17, 15) is 10.1 Å². The molecule has 0 aliphatic heterocycles. The summed E-state index contributed by atoms with van der Waals surface area (Å²) in [5.41, 5.74) is 1.03. The van der Waals surface area contributed by atoms with Gasteiger partial charge in [-0.2, -0.15) is 5.26 Å². The van der Waals surface area contributed by atoms with E-state index in [4.69, 9.17) is 0 Å². The van der Waals surface area contributed by atoms with Crippen LogP contribution in [0.2, 0.25) is 0 Å². The number of rotatable bonds is 2. The number of hydrogen-bond donors (Lipinski definition) is 0. The van der Waals surface area contributed by atoms with Crippen LogP contribution in [-0.4, -0.2) is 23.4 Å². The number of halogens is 1. The Kier molecular flexibility index (Phi) is 4.49. The van der Waals surface area contributed by atoms with Gasteiger partial charge in [-0.05, 0) is 47.8 Å². The molecule has 1 aliphatic rings. The van der Waals surface area contributed by atoms with E-state index in [1.807, 2.05) is 25.1 Å². The van der Waals surface area contributed by atoms with Gasteiger partial charge in [0.05, 0.1) is 11.6 Å². The molecule has 0 spiro atoms. The summed E-state index contributed by atoms with van der Waals surface area (Å²) in [5, 5.41) is 9.58. The van der Waals surface area contributed by atoms with Gasteiger partial charge >= 0.3 is 0 Å². The first kappa shape index (κ1) is 15.1. The highest BCUT2D eigenvalue weighted by molar-refractivity contribution is 9.10. The third-order valence-electron chi connectivity index (χ3n) is 4.19. The van der Waals surface area contributed by atoms with Crippen molar-refractivity contribution in [3.8, 4) is 6.07 Å². The van der Waals surface area contributed by atoms with Crippen LogP contribution in [-0.2, 0) is 0 Å². The lowest BCUT2D eigenvalue weighted by molar-refractivity contribution is 0.0588. The molecule has 0 bridgehead atoms. The third kappa shape index (κ3) is 2.73. The molecule has 1 amide bonds. The Bertz CT molecular complexity index is 556. The average Bonchev–Trinajstić information content (AvgIpc) is 2.49. The molecule has 0 atom stereocenters. The van der Waals surface area contributed by atoms with Crippen LogP contribution in [0.15, 0.2) is 22.7 Å². The molecular formula is C16H19BrN2O. The summed E-state index contributed by atoms with van der Waals surface area (Å²) in [5.74, 6) is -0.0796. The van der Waals surface area contributed by atoms with E-state index in [0.29, 0.717) is 5.56 Å². The van der Waals surface area contributed by atoms with Crippen molar-refractivity contribution in [2.45, 2.75) is 44.6 Å². The molecule has 0 saturated heterocycles. The maximum atomic E-state index is 12.7. The van der Waals surface area contributed by atoms with E-state index in [1.54, 1.807) is 11.9 Å². The molecule has 1 aromatic carbocycles. The summed E-state index contributed by atoms with van der Waals surface area (Å²) >= 11 is 3.43. The fraction of sp³-hybridized carbons (Fsp3) is 0.500. The fourth-order valence-electron chi connectivity index (χ4n) is 2.84. The number of aryl methyl sites for hydroxylation is 1. The van der Waals surface area contributed by atoms with Crippen molar-refractivity contribution in [2.24, 2.45) is 0 Å². The van der Waals surface area contributed by atoms with E-state index in [0.717, 1.165) is 42.1 Å². The highest BCUT2D eigenvalue weighted by atomic mass is 79.9. The maximum Gasteiger partial charge on any atom is 0.256 e. The van der Waals surface area contributed by atoms with Crippen LogP contribution < -0.4 is 0 Å². The van der Waals surface area contributed by atoms with E-state index in [2.05, 4.69) is 22.0 Å². The lowest BCUT2D eigenvalue weighted by atomic mass is 9.81. The van der Waals surface area contributed by atoms with Crippen LogP contribution >= 0.6 is 15.9 Å². The van der Waals surface area contributed by atoms with Crippen LogP contribution in [0.4, 0.5) is 0 Å². The molecule has 1 aliphatic carbocycles. The molecular weight excluding hydrogens is 316 g/mol. The van der Waals surface area contributed by atoms with Crippen molar-refractivity contribution in [3.63, 3.8) is 0 Å². The molecule has 0 radical (unpaired) electrons. The Hall–Kier alpha value is -1.34. The molecule has 20 heavy (non-hydrogen) atoms. The van der Waals surface area contributed by atoms with Gasteiger partial charge in [-0.15, -0.1) is 0 Å². The molecule has 3 nitrogen and oxygen atoms in total. The zero-order valence-corrected chi connectivity index (χ0v) is 13.5. The van der Waals surface area contributed by atoms with E-state index < -0.39 is 5.54 Å². The van der Waals surface area contributed by atoms with Crippen molar-refractivity contribution in [1.82, 2.24) is 4.90 Å². The minimum atomic E-state index is -0.640. The van der Waals surface area contributed by atoms with Crippen molar-refractivity contribution < 1.29 is 4.79 Å². The topological polar surface area (TPSA) is 44.1 Å². The lowest BCUT2D eigenvalue weighted by Gasteiger charge is -2.39. The summed E-state index contributed by atoms with van der Waals surface area (Å²) in [6.45, 7) is 1.96. The third-order valence-corrected chi connectivity index (χ3v) is 4.88. The number of nitriles is 1. The highest BCUT2D eigenvalue weighted by Crippen LogP contribution is 2.34. The van der Waals surface area contributed by atoms with E-state index in [-0.39, 0.29) is 5.91 Å². The normalized spacial score (nSPS) is 17.3. The molecule has 1 saturated carbocycles. The van der Waals surface area contributed by atoms with Gasteiger partial charge < -0.3 is 4.90 Å². The maximum absolute atomic E-state index is 12.7. The number of benzene rings is 1. The van der Waals surface area contributed by atoms with Crippen LogP contribution in [0.1, 0.15) is 48.0 Å². The molecule has 0 unspecified atom stereocenters. The van der Waals surface area contributed by atoms with Gasteiger partial charge in [-0.3, -0.25) is 4.79 Å². The Morgan fingerprint density at radius 2 is 2.00 bits per heavy atom. The quantitative estimate of drug-likeness (QED) is 0.818. The summed E-state index contributed by atoms with van der Waals surface area (Å²) in [4.78, 5) is 14.4. The first-order valence-corrected chi connectivity index (χ1v) is 7.75. The van der Waals surface area contributed by atoms with Crippen LogP contribution in [0.5, 0.6) is 0 Å². The molecule has 106 valence electrons. The van der Waals surface area contributed by atoms with E-state index >= 15 is 0 Å². The SMILES string of the molecule is Cc1ccc(Br)c(C(=O)N(C)C2(C#N)CCCCC2)c1. The van der Waals surface area contributed by atoms with Crippen molar-refractivity contribution in [2.75, 3.05) is 7.05 Å². The second-order valence-electron chi connectivity index (χ2n) is 5.55. The van der Waals surface area contributed by atoms with Crippen molar-refractivity contribution in [1.29, 1.82) is 5.26 Å². The second kappa shape index (κ2) is 5.97. The lowest BCUT2D eigenvalue weighted by Crippen LogP contribution is -2.49. The first-order valence-electron chi connectivity index (χ1n) is 6.96. The van der Waals surface area contributed by atoms with Gasteiger partial charge in [0.2, 0.25) is 0 Å². The Morgan fingerprint density at radius 3 is 2.60 bits per heavy atom. The van der Waals surface area contributed by atoms with Crippen LogP contribution in [0.25, 0.3) is 0 Å². The fourth-order valence-corrected chi connectivity index (χ4v) is 3.25. The summed E-state index contributed by atoms with van der Waals surface area (Å²) in [6, 6.07) is 8.11. The van der Waals surface area contributed by atoms with Gasteiger partial charge in [-0.1, -0.05) is 30.9 Å². The Labute approximate surface area is 128 Å². The molecule has 1 fully saturated rings. The van der Waals surface area contributed by atoms with Gasteiger partial charge in [0.25, 0.3) is 5.91 Å². The van der Waals surface area contributed by atoms with Crippen LogP contribution in [0.3, 0.4) is 0 Å². The number of carbonyl (C=O) groups is 1. The highest BCUT2D eigenvalue weighted by Gasteiger charge is 2.39. The Balaban J connectivity index is 2.32. The van der Waals surface area contributed by atoms with Crippen LogP contribution in [0, 0.1) is 18.3 Å². The molecule has 4 heteroatoms. The predicted octanol–water partition coefficient (Wildman–Crippen LogP) is 4.06. The number of hydrogen-bond acceptors (Lipinski definition) is 2. The van der Waals surface area contributed by atoms with Gasteiger partial charge in [0, 0.05) is 11.5 Å². The number of nitrogens with zero attached hydrogens (tertiary/aromatic N) is 2. The molecule has 0 aromatic heterocycles. The zero-order chi connectivity index (χ0) is 14.8. The van der Waals surface area contributed by atoms with Gasteiger partial charge in [-0.25, -0.2) is 0 Å². The predicted molar refractivity (Wildman–Crippen MR) is 82.4 cm³/mol. The Morgan fingerprint density at radius 1 is 1.35 bits per heavy atom. The molecule has 1 aromatic rings. The summed E-state index contributed by atoms with van der Waals surface area (Å²) in [6.07, 6.45) is 4.73. The minimum absolute atomic E-state index is 0.0796. The first-order chi connectivity index (χ1) is 9.50. The average molecular weight is 335 g/mol. The number of amides is 1. The summed E-state index contributed by atoms with van der Waals surface area (Å²) in [7, 11) is 1.76. The standard InChI is InChI=1S/C16H19BrN2O/c1-12-6-7-14(17)13(10-12)15(20)19(2)16(11-18)8-4-3-5-9-16/h6-7,10H,3-5,8-9H2,1-2H3. The van der Waals surface area contributed by atoms with Crippen molar-refractivity contribution in [3.05, 3.63) is 33.8 Å². The zero-order valence-electron chi connectivity index (χ0n) is 11.9.